The molecule has 0 saturated heterocycles. The first-order valence-corrected chi connectivity index (χ1v) is 8.64. The van der Waals surface area contributed by atoms with Crippen LogP contribution in [-0.4, -0.2) is 31.7 Å². The van der Waals surface area contributed by atoms with Crippen LogP contribution in [0.2, 0.25) is 0 Å². The van der Waals surface area contributed by atoms with E-state index in [9.17, 15) is 8.42 Å². The van der Waals surface area contributed by atoms with Crippen LogP contribution in [0.1, 0.15) is 43.9 Å². The molecule has 2 unspecified atom stereocenters. The second kappa shape index (κ2) is 6.24. The van der Waals surface area contributed by atoms with Crippen molar-refractivity contribution in [2.75, 3.05) is 7.05 Å². The van der Waals surface area contributed by atoms with Gasteiger partial charge in [0.25, 0.3) is 10.0 Å². The summed E-state index contributed by atoms with van der Waals surface area (Å²) < 4.78 is 27.9. The molecule has 0 amide bonds. The molecule has 0 aromatic carbocycles. The lowest BCUT2D eigenvalue weighted by atomic mass is 9.87. The quantitative estimate of drug-likeness (QED) is 0.765. The molecular formula is C13H24N4O2S. The number of aromatic amines is 1. The van der Waals surface area contributed by atoms with Gasteiger partial charge in [0.05, 0.1) is 0 Å². The van der Waals surface area contributed by atoms with E-state index in [2.05, 4.69) is 27.2 Å². The minimum Gasteiger partial charge on any atom is -0.316 e. The first kappa shape index (κ1) is 15.5. The third-order valence-electron chi connectivity index (χ3n) is 4.06. The highest BCUT2D eigenvalue weighted by atomic mass is 32.2. The lowest BCUT2D eigenvalue weighted by Crippen LogP contribution is -2.41. The number of hydrogen-bond acceptors (Lipinski definition) is 4. The summed E-state index contributed by atoms with van der Waals surface area (Å²) in [4.78, 5) is 0. The predicted molar refractivity (Wildman–Crippen MR) is 77.8 cm³/mol. The van der Waals surface area contributed by atoms with E-state index in [1.807, 2.05) is 6.92 Å². The van der Waals surface area contributed by atoms with Gasteiger partial charge in [-0.05, 0) is 32.7 Å². The summed E-state index contributed by atoms with van der Waals surface area (Å²) in [6.45, 7) is 4.43. The number of H-pyrrole nitrogens is 1. The van der Waals surface area contributed by atoms with Gasteiger partial charge in [0, 0.05) is 23.8 Å². The number of rotatable bonds is 5. The Morgan fingerprint density at radius 2 is 2.05 bits per heavy atom. The molecule has 1 fully saturated rings. The maximum Gasteiger partial charge on any atom is 0.260 e. The van der Waals surface area contributed by atoms with Gasteiger partial charge in [-0.2, -0.15) is 5.10 Å². The van der Waals surface area contributed by atoms with Crippen molar-refractivity contribution in [3.05, 3.63) is 11.3 Å². The van der Waals surface area contributed by atoms with Gasteiger partial charge in [-0.1, -0.05) is 19.8 Å². The zero-order chi connectivity index (χ0) is 14.8. The fraction of sp³-hybridized carbons (Fsp3) is 0.769. The summed E-state index contributed by atoms with van der Waals surface area (Å²) in [5, 5.41) is 9.86. The maximum atomic E-state index is 12.5. The highest BCUT2D eigenvalue weighted by Crippen LogP contribution is 2.26. The van der Waals surface area contributed by atoms with Crippen molar-refractivity contribution in [3.63, 3.8) is 0 Å². The van der Waals surface area contributed by atoms with Gasteiger partial charge in [-0.25, -0.2) is 13.1 Å². The minimum atomic E-state index is -3.56. The molecule has 1 heterocycles. The highest BCUT2D eigenvalue weighted by Gasteiger charge is 2.30. The van der Waals surface area contributed by atoms with Crippen LogP contribution >= 0.6 is 0 Å². The molecule has 1 aliphatic rings. The second-order valence-electron chi connectivity index (χ2n) is 5.65. The first-order chi connectivity index (χ1) is 9.45. The number of sulfonamides is 1. The second-order valence-corrected chi connectivity index (χ2v) is 7.28. The predicted octanol–water partition coefficient (Wildman–Crippen LogP) is 1.29. The van der Waals surface area contributed by atoms with Crippen LogP contribution in [0.15, 0.2) is 5.03 Å². The van der Waals surface area contributed by atoms with E-state index in [0.29, 0.717) is 18.0 Å². The number of nitrogens with zero attached hydrogens (tertiary/aromatic N) is 1. The molecule has 1 aliphatic carbocycles. The molecule has 0 spiro atoms. The Kier molecular flexibility index (Phi) is 4.82. The number of nitrogens with one attached hydrogen (secondary N) is 3. The molecule has 6 nitrogen and oxygen atoms in total. The van der Waals surface area contributed by atoms with E-state index in [1.54, 1.807) is 7.05 Å². The van der Waals surface area contributed by atoms with Crippen LogP contribution in [0.4, 0.5) is 0 Å². The fourth-order valence-corrected chi connectivity index (χ4v) is 4.36. The van der Waals surface area contributed by atoms with Crippen molar-refractivity contribution in [1.82, 2.24) is 20.2 Å². The Hall–Kier alpha value is -0.920. The molecule has 0 radical (unpaired) electrons. The normalized spacial score (nSPS) is 23.9. The van der Waals surface area contributed by atoms with Crippen molar-refractivity contribution in [1.29, 1.82) is 0 Å². The van der Waals surface area contributed by atoms with Gasteiger partial charge in [-0.3, -0.25) is 5.10 Å². The topological polar surface area (TPSA) is 86.9 Å². The minimum absolute atomic E-state index is 0.0215. The average Bonchev–Trinajstić information content (AvgIpc) is 2.75. The summed E-state index contributed by atoms with van der Waals surface area (Å²) in [5.74, 6) is 0.381. The van der Waals surface area contributed by atoms with E-state index < -0.39 is 10.0 Å². The van der Waals surface area contributed by atoms with Crippen LogP contribution in [0.25, 0.3) is 0 Å². The molecule has 1 saturated carbocycles. The summed E-state index contributed by atoms with van der Waals surface area (Å²) >= 11 is 0. The Morgan fingerprint density at radius 1 is 1.35 bits per heavy atom. The van der Waals surface area contributed by atoms with E-state index >= 15 is 0 Å². The molecule has 7 heteroatoms. The highest BCUT2D eigenvalue weighted by molar-refractivity contribution is 7.89. The van der Waals surface area contributed by atoms with Crippen LogP contribution in [-0.2, 0) is 16.6 Å². The van der Waals surface area contributed by atoms with Crippen LogP contribution in [0.3, 0.4) is 0 Å². The van der Waals surface area contributed by atoms with Gasteiger partial charge in [0.15, 0.2) is 5.03 Å². The molecule has 0 aliphatic heterocycles. The largest absolute Gasteiger partial charge is 0.316 e. The molecule has 2 atom stereocenters. The molecule has 0 bridgehead atoms. The first-order valence-electron chi connectivity index (χ1n) is 7.16. The van der Waals surface area contributed by atoms with E-state index in [1.165, 1.54) is 6.42 Å². The SMILES string of the molecule is CNCc1c(S(=O)(=O)NC2CCCCC2C)n[nH]c1C. The number of hydrogen-bond donors (Lipinski definition) is 3. The molecule has 20 heavy (non-hydrogen) atoms. The van der Waals surface area contributed by atoms with E-state index in [4.69, 9.17) is 0 Å². The van der Waals surface area contributed by atoms with Crippen LogP contribution in [0, 0.1) is 12.8 Å². The summed E-state index contributed by atoms with van der Waals surface area (Å²) in [5.41, 5.74) is 1.50. The van der Waals surface area contributed by atoms with Crippen molar-refractivity contribution in [3.8, 4) is 0 Å². The average molecular weight is 300 g/mol. The molecule has 2 rings (SSSR count). The van der Waals surface area contributed by atoms with Gasteiger partial charge >= 0.3 is 0 Å². The molecule has 114 valence electrons. The lowest BCUT2D eigenvalue weighted by molar-refractivity contribution is 0.310. The van der Waals surface area contributed by atoms with Crippen molar-refractivity contribution < 1.29 is 8.42 Å². The Bertz CT molecular complexity index is 553. The smallest absolute Gasteiger partial charge is 0.260 e. The summed E-state index contributed by atoms with van der Waals surface area (Å²) in [6, 6.07) is 0.0215. The Balaban J connectivity index is 2.22. The zero-order valence-electron chi connectivity index (χ0n) is 12.4. The van der Waals surface area contributed by atoms with Crippen molar-refractivity contribution in [2.24, 2.45) is 5.92 Å². The van der Waals surface area contributed by atoms with Gasteiger partial charge in [0.2, 0.25) is 0 Å². The van der Waals surface area contributed by atoms with E-state index in [0.717, 1.165) is 25.0 Å². The number of aromatic nitrogens is 2. The number of aryl methyl sites for hydroxylation is 1. The van der Waals surface area contributed by atoms with Crippen molar-refractivity contribution in [2.45, 2.75) is 57.1 Å². The van der Waals surface area contributed by atoms with Gasteiger partial charge in [0.1, 0.15) is 0 Å². The third kappa shape index (κ3) is 3.21. The molecule has 1 aromatic heterocycles. The van der Waals surface area contributed by atoms with Crippen LogP contribution < -0.4 is 10.0 Å². The van der Waals surface area contributed by atoms with Gasteiger partial charge < -0.3 is 5.32 Å². The summed E-state index contributed by atoms with van der Waals surface area (Å²) in [7, 11) is -1.77. The van der Waals surface area contributed by atoms with Gasteiger partial charge in [-0.15, -0.1) is 0 Å². The maximum absolute atomic E-state index is 12.5. The van der Waals surface area contributed by atoms with Crippen molar-refractivity contribution >= 4 is 10.0 Å². The fourth-order valence-electron chi connectivity index (χ4n) is 2.78. The standard InChI is InChI=1S/C13H24N4O2S/c1-9-6-4-5-7-12(9)17-20(18,19)13-11(8-14-3)10(2)15-16-13/h9,12,14,17H,4-8H2,1-3H3,(H,15,16). The summed E-state index contributed by atoms with van der Waals surface area (Å²) in [6.07, 6.45) is 4.26. The van der Waals surface area contributed by atoms with E-state index in [-0.39, 0.29) is 11.1 Å². The Morgan fingerprint density at radius 3 is 2.70 bits per heavy atom. The van der Waals surface area contributed by atoms with Crippen LogP contribution in [0.5, 0.6) is 0 Å². The Labute approximate surface area is 120 Å². The molecule has 3 N–H and O–H groups in total. The lowest BCUT2D eigenvalue weighted by Gasteiger charge is -2.29. The third-order valence-corrected chi connectivity index (χ3v) is 5.52. The molecule has 1 aromatic rings. The monoisotopic (exact) mass is 300 g/mol. The molecular weight excluding hydrogens is 276 g/mol. The zero-order valence-corrected chi connectivity index (χ0v) is 13.2.